The second-order valence-electron chi connectivity index (χ2n) is 2.23. The molecule has 0 heterocycles. The van der Waals surface area contributed by atoms with Crippen molar-refractivity contribution in [3.8, 4) is 0 Å². The third-order valence-electron chi connectivity index (χ3n) is 1.38. The second-order valence-corrected chi connectivity index (χ2v) is 2.61. The normalized spacial score (nSPS) is 10.9. The minimum atomic E-state index is -0.447. The molecule has 0 bridgehead atoms. The first-order valence-electron chi connectivity index (χ1n) is 3.47. The predicted molar refractivity (Wildman–Crippen MR) is 47.5 cm³/mol. The standard InChI is InChI=1S/C9H8ClFO/c10-9-7(4-2-6-12)3-1-5-8(9)11/h1-5,12H,6H2. The van der Waals surface area contributed by atoms with Gasteiger partial charge < -0.3 is 5.11 Å². The Labute approximate surface area is 75.1 Å². The summed E-state index contributed by atoms with van der Waals surface area (Å²) >= 11 is 5.62. The molecule has 0 fully saturated rings. The Bertz CT molecular complexity index is 297. The van der Waals surface area contributed by atoms with E-state index in [-0.39, 0.29) is 11.6 Å². The molecular formula is C9H8ClFO. The minimum absolute atomic E-state index is 0.0765. The van der Waals surface area contributed by atoms with E-state index in [1.807, 2.05) is 0 Å². The maximum atomic E-state index is 12.8. The molecule has 1 nitrogen and oxygen atoms in total. The summed E-state index contributed by atoms with van der Waals surface area (Å²) in [7, 11) is 0. The van der Waals surface area contributed by atoms with Crippen LogP contribution in [0.25, 0.3) is 6.08 Å². The van der Waals surface area contributed by atoms with E-state index < -0.39 is 5.82 Å². The molecule has 0 amide bonds. The lowest BCUT2D eigenvalue weighted by molar-refractivity contribution is 0.343. The van der Waals surface area contributed by atoms with Crippen LogP contribution >= 0.6 is 11.6 Å². The second kappa shape index (κ2) is 4.24. The number of hydrogen-bond acceptors (Lipinski definition) is 1. The zero-order chi connectivity index (χ0) is 8.97. The topological polar surface area (TPSA) is 20.2 Å². The number of hydrogen-bond donors (Lipinski definition) is 1. The van der Waals surface area contributed by atoms with E-state index in [0.717, 1.165) is 0 Å². The minimum Gasteiger partial charge on any atom is -0.392 e. The maximum absolute atomic E-state index is 12.8. The third kappa shape index (κ3) is 2.06. The Morgan fingerprint density at radius 2 is 2.25 bits per heavy atom. The lowest BCUT2D eigenvalue weighted by Crippen LogP contribution is -1.81. The molecule has 0 aliphatic rings. The predicted octanol–water partition coefficient (Wildman–Crippen LogP) is 2.48. The summed E-state index contributed by atoms with van der Waals surface area (Å²) in [5, 5.41) is 8.55. The van der Waals surface area contributed by atoms with Crippen LogP contribution in [-0.2, 0) is 0 Å². The number of benzene rings is 1. The first kappa shape index (κ1) is 9.23. The van der Waals surface area contributed by atoms with Crippen LogP contribution in [0.5, 0.6) is 0 Å². The van der Waals surface area contributed by atoms with Crippen molar-refractivity contribution >= 4 is 17.7 Å². The molecule has 0 saturated heterocycles. The van der Waals surface area contributed by atoms with E-state index in [9.17, 15) is 4.39 Å². The maximum Gasteiger partial charge on any atom is 0.142 e. The highest BCUT2D eigenvalue weighted by molar-refractivity contribution is 6.32. The molecule has 0 aromatic heterocycles. The molecule has 1 aromatic rings. The van der Waals surface area contributed by atoms with Gasteiger partial charge in [0.05, 0.1) is 11.6 Å². The molecular weight excluding hydrogens is 179 g/mol. The average molecular weight is 187 g/mol. The van der Waals surface area contributed by atoms with Gasteiger partial charge in [-0.2, -0.15) is 0 Å². The van der Waals surface area contributed by atoms with Crippen molar-refractivity contribution in [2.75, 3.05) is 6.61 Å². The lowest BCUT2D eigenvalue weighted by atomic mass is 10.2. The summed E-state index contributed by atoms with van der Waals surface area (Å²) in [4.78, 5) is 0. The molecule has 64 valence electrons. The Hall–Kier alpha value is -0.860. The monoisotopic (exact) mass is 186 g/mol. The van der Waals surface area contributed by atoms with Crippen LogP contribution in [0.2, 0.25) is 5.02 Å². The quantitative estimate of drug-likeness (QED) is 0.753. The SMILES string of the molecule is OCC=Cc1cccc(F)c1Cl. The van der Waals surface area contributed by atoms with Crippen molar-refractivity contribution in [3.05, 3.63) is 40.7 Å². The highest BCUT2D eigenvalue weighted by Crippen LogP contribution is 2.20. The van der Waals surface area contributed by atoms with Crippen LogP contribution in [0.3, 0.4) is 0 Å². The Balaban J connectivity index is 3.00. The van der Waals surface area contributed by atoms with E-state index in [1.54, 1.807) is 18.2 Å². The Kier molecular flexibility index (Phi) is 3.26. The summed E-state index contributed by atoms with van der Waals surface area (Å²) < 4.78 is 12.8. The number of aliphatic hydroxyl groups is 1. The first-order chi connectivity index (χ1) is 5.75. The molecule has 1 N–H and O–H groups in total. The van der Waals surface area contributed by atoms with Gasteiger partial charge in [0.15, 0.2) is 0 Å². The number of rotatable bonds is 2. The fourth-order valence-corrected chi connectivity index (χ4v) is 1.02. The van der Waals surface area contributed by atoms with Crippen molar-refractivity contribution in [2.45, 2.75) is 0 Å². The zero-order valence-corrected chi connectivity index (χ0v) is 7.05. The number of halogens is 2. The molecule has 0 saturated carbocycles. The van der Waals surface area contributed by atoms with E-state index in [1.165, 1.54) is 12.1 Å². The molecule has 0 spiro atoms. The van der Waals surface area contributed by atoms with E-state index >= 15 is 0 Å². The number of aliphatic hydroxyl groups excluding tert-OH is 1. The summed E-state index contributed by atoms with van der Waals surface area (Å²) in [6.45, 7) is -0.0765. The van der Waals surface area contributed by atoms with Crippen LogP contribution in [0, 0.1) is 5.82 Å². The molecule has 0 unspecified atom stereocenters. The average Bonchev–Trinajstić information content (AvgIpc) is 2.08. The summed E-state index contributed by atoms with van der Waals surface area (Å²) in [6, 6.07) is 4.54. The fourth-order valence-electron chi connectivity index (χ4n) is 0.829. The van der Waals surface area contributed by atoms with Crippen molar-refractivity contribution in [1.82, 2.24) is 0 Å². The van der Waals surface area contributed by atoms with E-state index in [2.05, 4.69) is 0 Å². The van der Waals surface area contributed by atoms with E-state index in [0.29, 0.717) is 5.56 Å². The highest BCUT2D eigenvalue weighted by atomic mass is 35.5. The summed E-state index contributed by atoms with van der Waals surface area (Å²) in [5.41, 5.74) is 0.575. The largest absolute Gasteiger partial charge is 0.392 e. The van der Waals surface area contributed by atoms with Gasteiger partial charge in [-0.15, -0.1) is 0 Å². The van der Waals surface area contributed by atoms with Crippen LogP contribution in [0.1, 0.15) is 5.56 Å². The summed E-state index contributed by atoms with van der Waals surface area (Å²) in [5.74, 6) is -0.447. The molecule has 1 rings (SSSR count). The summed E-state index contributed by atoms with van der Waals surface area (Å²) in [6.07, 6.45) is 3.08. The van der Waals surface area contributed by atoms with Gasteiger partial charge in [0.25, 0.3) is 0 Å². The zero-order valence-electron chi connectivity index (χ0n) is 6.30. The van der Waals surface area contributed by atoms with Crippen molar-refractivity contribution in [1.29, 1.82) is 0 Å². The molecule has 0 aliphatic heterocycles. The fraction of sp³-hybridized carbons (Fsp3) is 0.111. The van der Waals surface area contributed by atoms with Crippen LogP contribution in [0.15, 0.2) is 24.3 Å². The van der Waals surface area contributed by atoms with Gasteiger partial charge in [-0.3, -0.25) is 0 Å². The van der Waals surface area contributed by atoms with Gasteiger partial charge in [0.1, 0.15) is 5.82 Å². The molecule has 1 aromatic carbocycles. The molecule has 0 atom stereocenters. The van der Waals surface area contributed by atoms with Crippen molar-refractivity contribution in [3.63, 3.8) is 0 Å². The molecule has 12 heavy (non-hydrogen) atoms. The van der Waals surface area contributed by atoms with Gasteiger partial charge in [0, 0.05) is 0 Å². The first-order valence-corrected chi connectivity index (χ1v) is 3.85. The van der Waals surface area contributed by atoms with E-state index in [4.69, 9.17) is 16.7 Å². The third-order valence-corrected chi connectivity index (χ3v) is 1.78. The highest BCUT2D eigenvalue weighted by Gasteiger charge is 2.01. The molecule has 0 aliphatic carbocycles. The van der Waals surface area contributed by atoms with Gasteiger partial charge in [-0.1, -0.05) is 35.9 Å². The molecule has 0 radical (unpaired) electrons. The Morgan fingerprint density at radius 3 is 2.92 bits per heavy atom. The lowest BCUT2D eigenvalue weighted by Gasteiger charge is -1.97. The van der Waals surface area contributed by atoms with Crippen molar-refractivity contribution < 1.29 is 9.50 Å². The molecule has 3 heteroatoms. The van der Waals surface area contributed by atoms with Gasteiger partial charge in [-0.25, -0.2) is 4.39 Å². The Morgan fingerprint density at radius 1 is 1.50 bits per heavy atom. The van der Waals surface area contributed by atoms with Crippen molar-refractivity contribution in [2.24, 2.45) is 0 Å². The van der Waals surface area contributed by atoms with Gasteiger partial charge in [-0.05, 0) is 11.6 Å². The van der Waals surface area contributed by atoms with Crippen LogP contribution in [-0.4, -0.2) is 11.7 Å². The van der Waals surface area contributed by atoms with Gasteiger partial charge in [0.2, 0.25) is 0 Å². The van der Waals surface area contributed by atoms with Gasteiger partial charge >= 0.3 is 0 Å². The van der Waals surface area contributed by atoms with Crippen LogP contribution < -0.4 is 0 Å². The van der Waals surface area contributed by atoms with Crippen LogP contribution in [0.4, 0.5) is 4.39 Å². The smallest absolute Gasteiger partial charge is 0.142 e.